The Kier molecular flexibility index (Phi) is 5.18. The van der Waals surface area contributed by atoms with E-state index in [9.17, 15) is 0 Å². The molecule has 0 aliphatic carbocycles. The van der Waals surface area contributed by atoms with Crippen LogP contribution in [0.2, 0.25) is 0 Å². The minimum Gasteiger partial charge on any atom is -0.458 e. The van der Waals surface area contributed by atoms with Gasteiger partial charge < -0.3 is 9.47 Å². The number of aryl methyl sites for hydroxylation is 1. The maximum atomic E-state index is 6.88. The molecule has 2 nitrogen and oxygen atoms in total. The molecule has 40 heavy (non-hydrogen) atoms. The van der Waals surface area contributed by atoms with Crippen LogP contribution in [0.15, 0.2) is 133 Å². The monoisotopic (exact) mass is 512 g/mol. The maximum absolute atomic E-state index is 6.88. The number of hydrogen-bond donors (Lipinski definition) is 0. The highest BCUT2D eigenvalue weighted by atomic mass is 16.5. The normalized spacial score (nSPS) is 12.5. The van der Waals surface area contributed by atoms with Crippen LogP contribution >= 0.6 is 0 Å². The topological polar surface area (TPSA) is 18.5 Å². The molecule has 0 radical (unpaired) electrons. The SMILES string of the molecule is Cc1ccccc1-c1cccc2c1Oc1cc(-c3ccccc3)cc3c1B2c1cc(-c2ccccc2)ccc1O3. The standard InChI is InChI=1S/C37H25BO2/c1-24-11-8-9-16-29(24)30-17-10-18-31-37(30)40-35-23-28(26-14-6-3-7-15-26)22-34-36(35)38(31)32-21-27(19-20-33(32)39-34)25-12-4-2-5-13-25/h2-23H,1H3. The molecule has 188 valence electrons. The van der Waals surface area contributed by atoms with Crippen molar-refractivity contribution >= 4 is 23.1 Å². The summed E-state index contributed by atoms with van der Waals surface area (Å²) in [5.74, 6) is 3.52. The summed E-state index contributed by atoms with van der Waals surface area (Å²) in [6.45, 7) is 2.16. The van der Waals surface area contributed by atoms with Crippen LogP contribution in [0.5, 0.6) is 23.0 Å². The fourth-order valence-corrected chi connectivity index (χ4v) is 6.22. The third-order valence-corrected chi connectivity index (χ3v) is 8.15. The van der Waals surface area contributed by atoms with Crippen molar-refractivity contribution in [3.8, 4) is 56.4 Å². The predicted molar refractivity (Wildman–Crippen MR) is 165 cm³/mol. The molecular weight excluding hydrogens is 487 g/mol. The van der Waals surface area contributed by atoms with E-state index in [0.29, 0.717) is 0 Å². The lowest BCUT2D eigenvalue weighted by atomic mass is 9.34. The van der Waals surface area contributed by atoms with Crippen LogP contribution in [0.4, 0.5) is 0 Å². The second kappa shape index (κ2) is 9.03. The summed E-state index contributed by atoms with van der Waals surface area (Å²) >= 11 is 0. The van der Waals surface area contributed by atoms with Gasteiger partial charge in [-0.05, 0) is 69.4 Å². The van der Waals surface area contributed by atoms with Gasteiger partial charge in [0.1, 0.15) is 23.0 Å². The number of hydrogen-bond acceptors (Lipinski definition) is 2. The van der Waals surface area contributed by atoms with E-state index in [4.69, 9.17) is 9.47 Å². The minimum atomic E-state index is -0.00467. The van der Waals surface area contributed by atoms with E-state index in [1.54, 1.807) is 0 Å². The first-order valence-corrected chi connectivity index (χ1v) is 13.7. The largest absolute Gasteiger partial charge is 0.458 e. The van der Waals surface area contributed by atoms with Crippen LogP contribution in [0, 0.1) is 6.92 Å². The first kappa shape index (κ1) is 22.9. The molecule has 3 heteroatoms. The zero-order chi connectivity index (χ0) is 26.6. The van der Waals surface area contributed by atoms with Crippen LogP contribution in [-0.4, -0.2) is 6.71 Å². The summed E-state index contributed by atoms with van der Waals surface area (Å²) in [6, 6.07) is 47.0. The van der Waals surface area contributed by atoms with E-state index in [2.05, 4.69) is 134 Å². The number of rotatable bonds is 3. The summed E-state index contributed by atoms with van der Waals surface area (Å²) < 4.78 is 13.5. The minimum absolute atomic E-state index is 0.00467. The lowest BCUT2D eigenvalue weighted by Crippen LogP contribution is -2.57. The van der Waals surface area contributed by atoms with Crippen molar-refractivity contribution in [2.75, 3.05) is 0 Å². The second-order valence-electron chi connectivity index (χ2n) is 10.5. The van der Waals surface area contributed by atoms with Gasteiger partial charge in [0.15, 0.2) is 0 Å². The summed E-state index contributed by atoms with van der Waals surface area (Å²) in [5, 5.41) is 0. The smallest absolute Gasteiger partial charge is 0.260 e. The Morgan fingerprint density at radius 1 is 0.450 bits per heavy atom. The van der Waals surface area contributed by atoms with Gasteiger partial charge in [0.25, 0.3) is 6.71 Å². The van der Waals surface area contributed by atoms with Gasteiger partial charge in [-0.25, -0.2) is 0 Å². The maximum Gasteiger partial charge on any atom is 0.260 e. The molecule has 0 N–H and O–H groups in total. The first-order valence-electron chi connectivity index (χ1n) is 13.7. The molecule has 6 aromatic rings. The third-order valence-electron chi connectivity index (χ3n) is 8.15. The number of fused-ring (bicyclic) bond motifs is 4. The lowest BCUT2D eigenvalue weighted by Gasteiger charge is -2.34. The van der Waals surface area contributed by atoms with Crippen molar-refractivity contribution in [1.82, 2.24) is 0 Å². The second-order valence-corrected chi connectivity index (χ2v) is 10.5. The highest BCUT2D eigenvalue weighted by Crippen LogP contribution is 2.42. The summed E-state index contributed by atoms with van der Waals surface area (Å²) in [5.41, 5.74) is 11.5. The van der Waals surface area contributed by atoms with Crippen LogP contribution in [0.1, 0.15) is 5.56 Å². The highest BCUT2D eigenvalue weighted by Gasteiger charge is 2.41. The molecule has 0 saturated heterocycles. The Bertz CT molecular complexity index is 1910. The molecule has 0 amide bonds. The first-order chi connectivity index (χ1) is 19.7. The van der Waals surface area contributed by atoms with Crippen molar-refractivity contribution in [3.63, 3.8) is 0 Å². The van der Waals surface area contributed by atoms with Gasteiger partial charge in [-0.2, -0.15) is 0 Å². The Morgan fingerprint density at radius 3 is 1.85 bits per heavy atom. The van der Waals surface area contributed by atoms with Crippen LogP contribution in [0.25, 0.3) is 33.4 Å². The van der Waals surface area contributed by atoms with E-state index < -0.39 is 0 Å². The molecule has 0 saturated carbocycles. The van der Waals surface area contributed by atoms with E-state index in [-0.39, 0.29) is 6.71 Å². The number of para-hydroxylation sites is 1. The van der Waals surface area contributed by atoms with Crippen molar-refractivity contribution < 1.29 is 9.47 Å². The summed E-state index contributed by atoms with van der Waals surface area (Å²) in [6.07, 6.45) is 0. The van der Waals surface area contributed by atoms with E-state index in [1.165, 1.54) is 22.3 Å². The summed E-state index contributed by atoms with van der Waals surface area (Å²) in [7, 11) is 0. The fraction of sp³-hybridized carbons (Fsp3) is 0.0270. The number of benzene rings is 6. The van der Waals surface area contributed by atoms with Gasteiger partial charge in [-0.15, -0.1) is 0 Å². The van der Waals surface area contributed by atoms with E-state index in [1.807, 2.05) is 6.07 Å². The molecule has 0 unspecified atom stereocenters. The molecule has 0 atom stereocenters. The van der Waals surface area contributed by atoms with Crippen molar-refractivity contribution in [2.24, 2.45) is 0 Å². The molecule has 0 fully saturated rings. The molecule has 2 heterocycles. The molecule has 2 aliphatic heterocycles. The average Bonchev–Trinajstić information content (AvgIpc) is 3.01. The van der Waals surface area contributed by atoms with Gasteiger partial charge >= 0.3 is 0 Å². The Hall–Kier alpha value is -5.02. The Balaban J connectivity index is 1.39. The Labute approximate surface area is 234 Å². The van der Waals surface area contributed by atoms with Gasteiger partial charge in [0, 0.05) is 11.0 Å². The van der Waals surface area contributed by atoms with Crippen molar-refractivity contribution in [3.05, 3.63) is 139 Å². The van der Waals surface area contributed by atoms with Crippen LogP contribution < -0.4 is 25.9 Å². The van der Waals surface area contributed by atoms with Crippen molar-refractivity contribution in [2.45, 2.75) is 6.92 Å². The zero-order valence-electron chi connectivity index (χ0n) is 22.1. The van der Waals surface area contributed by atoms with Gasteiger partial charge in [0.05, 0.1) is 0 Å². The van der Waals surface area contributed by atoms with Gasteiger partial charge in [-0.3, -0.25) is 0 Å². The quantitative estimate of drug-likeness (QED) is 0.226. The molecule has 2 aliphatic rings. The highest BCUT2D eigenvalue weighted by molar-refractivity contribution is 6.98. The fourth-order valence-electron chi connectivity index (χ4n) is 6.22. The number of ether oxygens (including phenoxy) is 2. The van der Waals surface area contributed by atoms with Crippen LogP contribution in [0.3, 0.4) is 0 Å². The molecule has 0 aromatic heterocycles. The molecule has 0 spiro atoms. The van der Waals surface area contributed by atoms with E-state index in [0.717, 1.165) is 56.1 Å². The van der Waals surface area contributed by atoms with Gasteiger partial charge in [0.2, 0.25) is 0 Å². The molecular formula is C37H25BO2. The van der Waals surface area contributed by atoms with Crippen LogP contribution in [-0.2, 0) is 0 Å². The van der Waals surface area contributed by atoms with Crippen molar-refractivity contribution in [1.29, 1.82) is 0 Å². The molecule has 6 aromatic carbocycles. The molecule has 8 rings (SSSR count). The predicted octanol–water partition coefficient (Wildman–Crippen LogP) is 7.72. The zero-order valence-corrected chi connectivity index (χ0v) is 22.1. The van der Waals surface area contributed by atoms with Gasteiger partial charge in [-0.1, -0.05) is 115 Å². The Morgan fingerprint density at radius 2 is 1.10 bits per heavy atom. The summed E-state index contributed by atoms with van der Waals surface area (Å²) in [4.78, 5) is 0. The molecule has 0 bridgehead atoms. The lowest BCUT2D eigenvalue weighted by molar-refractivity contribution is 0.466. The average molecular weight is 512 g/mol. The van der Waals surface area contributed by atoms with E-state index >= 15 is 0 Å². The third kappa shape index (κ3) is 3.59.